The second kappa shape index (κ2) is 5.57. The number of ether oxygens (including phenoxy) is 1. The fourth-order valence-electron chi connectivity index (χ4n) is 1.97. The average Bonchev–Trinajstić information content (AvgIpc) is 2.66. The fraction of sp³-hybridized carbons (Fsp3) is 0.357. The normalized spacial score (nSPS) is 10.7. The molecule has 0 aliphatic heterocycles. The van der Waals surface area contributed by atoms with Crippen LogP contribution in [-0.4, -0.2) is 9.78 Å². The van der Waals surface area contributed by atoms with Gasteiger partial charge in [-0.05, 0) is 25.5 Å². The van der Waals surface area contributed by atoms with Gasteiger partial charge >= 0.3 is 0 Å². The lowest BCUT2D eigenvalue weighted by Gasteiger charge is -2.12. The highest BCUT2D eigenvalue weighted by molar-refractivity contribution is 9.08. The largest absolute Gasteiger partial charge is 0.487 e. The van der Waals surface area contributed by atoms with Crippen LogP contribution in [0.1, 0.15) is 22.5 Å². The Morgan fingerprint density at radius 2 is 2.11 bits per heavy atom. The zero-order valence-electron chi connectivity index (χ0n) is 10.9. The van der Waals surface area contributed by atoms with Crippen molar-refractivity contribution in [3.63, 3.8) is 0 Å². The minimum absolute atomic E-state index is 0.544. The SMILES string of the molecule is Cc1cc(COc2c(C)cccc2CBr)n(C)n1. The summed E-state index contributed by atoms with van der Waals surface area (Å²) >= 11 is 3.49. The number of aromatic nitrogens is 2. The van der Waals surface area contributed by atoms with Crippen LogP contribution in [0.4, 0.5) is 0 Å². The fourth-order valence-corrected chi connectivity index (χ4v) is 2.41. The molecule has 0 amide bonds. The number of hydrogen-bond donors (Lipinski definition) is 0. The monoisotopic (exact) mass is 308 g/mol. The van der Waals surface area contributed by atoms with E-state index in [4.69, 9.17) is 4.74 Å². The highest BCUT2D eigenvalue weighted by Crippen LogP contribution is 2.26. The summed E-state index contributed by atoms with van der Waals surface area (Å²) in [6, 6.07) is 8.24. The van der Waals surface area contributed by atoms with Crippen molar-refractivity contribution < 1.29 is 4.74 Å². The van der Waals surface area contributed by atoms with Gasteiger partial charge in [0.2, 0.25) is 0 Å². The van der Waals surface area contributed by atoms with Crippen molar-refractivity contribution in [2.45, 2.75) is 25.8 Å². The standard InChI is InChI=1S/C14H17BrN2O/c1-10-5-4-6-12(8-15)14(10)18-9-13-7-11(2)16-17(13)3/h4-7H,8-9H2,1-3H3. The first-order chi connectivity index (χ1) is 8.61. The highest BCUT2D eigenvalue weighted by atomic mass is 79.9. The van der Waals surface area contributed by atoms with E-state index < -0.39 is 0 Å². The van der Waals surface area contributed by atoms with E-state index in [1.165, 1.54) is 5.56 Å². The van der Waals surface area contributed by atoms with Crippen LogP contribution in [0, 0.1) is 13.8 Å². The molecule has 18 heavy (non-hydrogen) atoms. The van der Waals surface area contributed by atoms with Crippen molar-refractivity contribution in [2.75, 3.05) is 0 Å². The number of nitrogens with zero attached hydrogens (tertiary/aromatic N) is 2. The maximum atomic E-state index is 5.95. The summed E-state index contributed by atoms with van der Waals surface area (Å²) < 4.78 is 7.81. The first-order valence-corrected chi connectivity index (χ1v) is 7.00. The van der Waals surface area contributed by atoms with Gasteiger partial charge in [0.1, 0.15) is 12.4 Å². The number of halogens is 1. The molecule has 3 nitrogen and oxygen atoms in total. The second-order valence-electron chi connectivity index (χ2n) is 4.39. The summed E-state index contributed by atoms with van der Waals surface area (Å²) in [6.45, 7) is 4.60. The zero-order valence-corrected chi connectivity index (χ0v) is 12.5. The molecule has 0 unspecified atom stereocenters. The first kappa shape index (κ1) is 13.1. The van der Waals surface area contributed by atoms with Crippen LogP contribution in [0.15, 0.2) is 24.3 Å². The van der Waals surface area contributed by atoms with E-state index in [0.29, 0.717) is 6.61 Å². The van der Waals surface area contributed by atoms with Gasteiger partial charge in [0, 0.05) is 17.9 Å². The Balaban J connectivity index is 2.17. The van der Waals surface area contributed by atoms with E-state index in [9.17, 15) is 0 Å². The van der Waals surface area contributed by atoms with Crippen molar-refractivity contribution in [2.24, 2.45) is 7.05 Å². The predicted molar refractivity (Wildman–Crippen MR) is 76.1 cm³/mol. The van der Waals surface area contributed by atoms with Crippen molar-refractivity contribution in [1.29, 1.82) is 0 Å². The van der Waals surface area contributed by atoms with Gasteiger partial charge in [-0.2, -0.15) is 5.10 Å². The molecule has 0 radical (unpaired) electrons. The van der Waals surface area contributed by atoms with E-state index in [0.717, 1.165) is 28.0 Å². The highest BCUT2D eigenvalue weighted by Gasteiger charge is 2.08. The minimum Gasteiger partial charge on any atom is -0.487 e. The topological polar surface area (TPSA) is 27.1 Å². The predicted octanol–water partition coefficient (Wildman–Crippen LogP) is 3.51. The van der Waals surface area contributed by atoms with Crippen LogP contribution >= 0.6 is 15.9 Å². The van der Waals surface area contributed by atoms with Gasteiger partial charge in [0.05, 0.1) is 11.4 Å². The molecule has 0 spiro atoms. The van der Waals surface area contributed by atoms with E-state index >= 15 is 0 Å². The summed E-state index contributed by atoms with van der Waals surface area (Å²) in [7, 11) is 1.94. The van der Waals surface area contributed by atoms with Crippen LogP contribution in [0.5, 0.6) is 5.75 Å². The lowest BCUT2D eigenvalue weighted by molar-refractivity contribution is 0.291. The molecule has 0 N–H and O–H groups in total. The molecule has 0 fully saturated rings. The lowest BCUT2D eigenvalue weighted by Crippen LogP contribution is -2.05. The maximum Gasteiger partial charge on any atom is 0.130 e. The van der Waals surface area contributed by atoms with Crippen molar-refractivity contribution in [3.05, 3.63) is 46.8 Å². The Morgan fingerprint density at radius 1 is 1.33 bits per heavy atom. The van der Waals surface area contributed by atoms with Crippen molar-refractivity contribution in [3.8, 4) is 5.75 Å². The van der Waals surface area contributed by atoms with Crippen molar-refractivity contribution >= 4 is 15.9 Å². The third-order valence-corrected chi connectivity index (χ3v) is 3.50. The molecule has 0 aliphatic carbocycles. The molecule has 1 aromatic heterocycles. The van der Waals surface area contributed by atoms with Gasteiger partial charge in [-0.3, -0.25) is 4.68 Å². The number of alkyl halides is 1. The third-order valence-electron chi connectivity index (χ3n) is 2.90. The molecule has 0 aliphatic rings. The number of para-hydroxylation sites is 1. The Kier molecular flexibility index (Phi) is 4.07. The van der Waals surface area contributed by atoms with Crippen LogP contribution in [0.25, 0.3) is 0 Å². The third kappa shape index (κ3) is 2.75. The van der Waals surface area contributed by atoms with E-state index in [1.54, 1.807) is 0 Å². The minimum atomic E-state index is 0.544. The van der Waals surface area contributed by atoms with Crippen molar-refractivity contribution in [1.82, 2.24) is 9.78 Å². The van der Waals surface area contributed by atoms with Gasteiger partial charge in [-0.25, -0.2) is 0 Å². The van der Waals surface area contributed by atoms with Crippen LogP contribution in [-0.2, 0) is 19.0 Å². The van der Waals surface area contributed by atoms with Gasteiger partial charge in [0.15, 0.2) is 0 Å². The summed E-state index contributed by atoms with van der Waals surface area (Å²) in [5.41, 5.74) is 4.43. The zero-order chi connectivity index (χ0) is 13.1. The smallest absolute Gasteiger partial charge is 0.130 e. The Bertz CT molecular complexity index is 549. The quantitative estimate of drug-likeness (QED) is 0.808. The summed E-state index contributed by atoms with van der Waals surface area (Å²) in [5.74, 6) is 0.966. The number of rotatable bonds is 4. The molecule has 1 aromatic carbocycles. The first-order valence-electron chi connectivity index (χ1n) is 5.88. The molecular formula is C14H17BrN2O. The molecule has 2 rings (SSSR count). The molecule has 1 heterocycles. The number of benzene rings is 1. The molecule has 4 heteroatoms. The van der Waals surface area contributed by atoms with Gasteiger partial charge in [0.25, 0.3) is 0 Å². The van der Waals surface area contributed by atoms with Gasteiger partial charge in [-0.15, -0.1) is 0 Å². The van der Waals surface area contributed by atoms with Gasteiger partial charge in [-0.1, -0.05) is 34.1 Å². The molecular weight excluding hydrogens is 292 g/mol. The number of hydrogen-bond acceptors (Lipinski definition) is 2. The van der Waals surface area contributed by atoms with Crippen LogP contribution in [0.3, 0.4) is 0 Å². The maximum absolute atomic E-state index is 5.95. The number of aryl methyl sites for hydroxylation is 3. The molecule has 0 bridgehead atoms. The molecule has 0 saturated carbocycles. The Hall–Kier alpha value is -1.29. The Morgan fingerprint density at radius 3 is 2.72 bits per heavy atom. The molecule has 0 saturated heterocycles. The Labute approximate surface area is 116 Å². The van der Waals surface area contributed by atoms with E-state index in [1.807, 2.05) is 30.8 Å². The molecule has 2 aromatic rings. The average molecular weight is 309 g/mol. The second-order valence-corrected chi connectivity index (χ2v) is 4.95. The van der Waals surface area contributed by atoms with Crippen LogP contribution < -0.4 is 4.74 Å². The molecule has 96 valence electrons. The summed E-state index contributed by atoms with van der Waals surface area (Å²) in [6.07, 6.45) is 0. The lowest BCUT2D eigenvalue weighted by atomic mass is 10.1. The van der Waals surface area contributed by atoms with E-state index in [-0.39, 0.29) is 0 Å². The molecule has 0 atom stereocenters. The summed E-state index contributed by atoms with van der Waals surface area (Å²) in [4.78, 5) is 0. The van der Waals surface area contributed by atoms with Crippen LogP contribution in [0.2, 0.25) is 0 Å². The van der Waals surface area contributed by atoms with E-state index in [2.05, 4.69) is 40.1 Å². The summed E-state index contributed by atoms with van der Waals surface area (Å²) in [5, 5.41) is 5.12. The van der Waals surface area contributed by atoms with Gasteiger partial charge < -0.3 is 4.74 Å².